The van der Waals surface area contributed by atoms with E-state index in [9.17, 15) is 0 Å². The van der Waals surface area contributed by atoms with Gasteiger partial charge < -0.3 is 0 Å². The van der Waals surface area contributed by atoms with Gasteiger partial charge in [-0.2, -0.15) is 0 Å². The molecule has 0 N–H and O–H groups in total. The molecule has 1 rings (SSSR count). The zero-order valence-electron chi connectivity index (χ0n) is 15.6. The van der Waals surface area contributed by atoms with Crippen LogP contribution in [0.1, 0.15) is 103 Å². The summed E-state index contributed by atoms with van der Waals surface area (Å²) in [5.74, 6) is 1.39. The second-order valence-corrected chi connectivity index (χ2v) is 7.08. The lowest BCUT2D eigenvalue weighted by Gasteiger charge is -2.04. The number of rotatable bonds is 13. The van der Waals surface area contributed by atoms with Crippen molar-refractivity contribution in [3.8, 4) is 0 Å². The third-order valence-electron chi connectivity index (χ3n) is 4.76. The minimum absolute atomic E-state index is 0.568. The van der Waals surface area contributed by atoms with Crippen molar-refractivity contribution in [2.75, 3.05) is 0 Å². The molecule has 0 spiro atoms. The van der Waals surface area contributed by atoms with Gasteiger partial charge in [-0.3, -0.25) is 0 Å². The molecule has 0 unspecified atom stereocenters. The maximum absolute atomic E-state index is 2.41. The summed E-state index contributed by atoms with van der Waals surface area (Å²) in [7, 11) is 0. The highest BCUT2D eigenvalue weighted by Crippen LogP contribution is 2.11. The first kappa shape index (κ1) is 19.3. The van der Waals surface area contributed by atoms with E-state index >= 15 is 0 Å². The molecule has 0 atom stereocenters. The topological polar surface area (TPSA) is 8.81 Å². The Bertz CT molecular complexity index is 379. The fourth-order valence-electron chi connectivity index (χ4n) is 3.24. The number of nitrogens with zero attached hydrogens (tertiary/aromatic N) is 2. The minimum Gasteiger partial charge on any atom is -0.234 e. The number of hydrogen-bond donors (Lipinski definition) is 0. The van der Waals surface area contributed by atoms with E-state index in [1.54, 1.807) is 0 Å². The van der Waals surface area contributed by atoms with E-state index in [1.165, 1.54) is 83.0 Å². The van der Waals surface area contributed by atoms with Crippen LogP contribution in [0.2, 0.25) is 0 Å². The van der Waals surface area contributed by atoms with Crippen LogP contribution in [0.3, 0.4) is 0 Å². The van der Waals surface area contributed by atoms with Gasteiger partial charge in [0.05, 0.1) is 12.6 Å². The van der Waals surface area contributed by atoms with Crippen LogP contribution < -0.4 is 4.57 Å². The number of aryl methyl sites for hydroxylation is 1. The Morgan fingerprint density at radius 1 is 0.864 bits per heavy atom. The summed E-state index contributed by atoms with van der Waals surface area (Å²) in [6.07, 6.45) is 20.1. The first-order chi connectivity index (χ1) is 10.7. The highest BCUT2D eigenvalue weighted by Gasteiger charge is 2.13. The molecular formula is C20H39N2+. The standard InChI is InChI=1S/C20H39N2/c1-5-6-7-8-9-10-11-12-13-14-15-16-21-17-18-22(19(2)3)20(21)4/h17-19H,5-16H2,1-4H3/q+1. The van der Waals surface area contributed by atoms with Gasteiger partial charge in [-0.15, -0.1) is 0 Å². The molecule has 0 bridgehead atoms. The van der Waals surface area contributed by atoms with E-state index in [0.717, 1.165) is 0 Å². The van der Waals surface area contributed by atoms with Crippen LogP contribution in [-0.2, 0) is 6.54 Å². The van der Waals surface area contributed by atoms with Crippen molar-refractivity contribution in [1.29, 1.82) is 0 Å². The maximum atomic E-state index is 2.41. The molecule has 0 aromatic carbocycles. The maximum Gasteiger partial charge on any atom is 0.253 e. The number of unbranched alkanes of at least 4 members (excludes halogenated alkanes) is 10. The molecule has 22 heavy (non-hydrogen) atoms. The van der Waals surface area contributed by atoms with Gasteiger partial charge in [-0.1, -0.05) is 64.7 Å². The monoisotopic (exact) mass is 307 g/mol. The first-order valence-electron chi connectivity index (χ1n) is 9.73. The summed E-state index contributed by atoms with van der Waals surface area (Å²) >= 11 is 0. The van der Waals surface area contributed by atoms with Gasteiger partial charge in [-0.05, 0) is 26.7 Å². The second-order valence-electron chi connectivity index (χ2n) is 7.08. The molecular weight excluding hydrogens is 268 g/mol. The van der Waals surface area contributed by atoms with Gasteiger partial charge in [0, 0.05) is 6.92 Å². The number of imidazole rings is 1. The zero-order valence-corrected chi connectivity index (χ0v) is 15.6. The second kappa shape index (κ2) is 11.7. The van der Waals surface area contributed by atoms with E-state index < -0.39 is 0 Å². The van der Waals surface area contributed by atoms with Crippen LogP contribution in [0.4, 0.5) is 0 Å². The lowest BCUT2D eigenvalue weighted by molar-refractivity contribution is -0.703. The van der Waals surface area contributed by atoms with Crippen molar-refractivity contribution in [2.24, 2.45) is 0 Å². The Morgan fingerprint density at radius 3 is 1.82 bits per heavy atom. The quantitative estimate of drug-likeness (QED) is 0.313. The van der Waals surface area contributed by atoms with Crippen molar-refractivity contribution < 1.29 is 4.57 Å². The molecule has 0 saturated heterocycles. The average Bonchev–Trinajstić information content (AvgIpc) is 2.86. The van der Waals surface area contributed by atoms with E-state index in [-0.39, 0.29) is 0 Å². The van der Waals surface area contributed by atoms with Gasteiger partial charge >= 0.3 is 0 Å². The summed E-state index contributed by atoms with van der Waals surface area (Å²) in [5.41, 5.74) is 0. The Hall–Kier alpha value is -0.790. The van der Waals surface area contributed by atoms with E-state index in [0.29, 0.717) is 6.04 Å². The number of hydrogen-bond acceptors (Lipinski definition) is 0. The lowest BCUT2D eigenvalue weighted by Crippen LogP contribution is -2.35. The van der Waals surface area contributed by atoms with Crippen LogP contribution in [0.25, 0.3) is 0 Å². The molecule has 1 aromatic rings. The predicted octanol–water partition coefficient (Wildman–Crippen LogP) is 5.98. The van der Waals surface area contributed by atoms with Crippen LogP contribution in [0, 0.1) is 6.92 Å². The minimum atomic E-state index is 0.568. The fraction of sp³-hybridized carbons (Fsp3) is 0.850. The molecule has 1 heterocycles. The van der Waals surface area contributed by atoms with Crippen LogP contribution in [0.15, 0.2) is 12.4 Å². The van der Waals surface area contributed by atoms with E-state index in [2.05, 4.69) is 49.2 Å². The summed E-state index contributed by atoms with van der Waals surface area (Å²) < 4.78 is 4.77. The van der Waals surface area contributed by atoms with Crippen LogP contribution in [-0.4, -0.2) is 4.57 Å². The highest BCUT2D eigenvalue weighted by molar-refractivity contribution is 4.82. The molecule has 0 aliphatic heterocycles. The third-order valence-corrected chi connectivity index (χ3v) is 4.76. The van der Waals surface area contributed by atoms with E-state index in [1.807, 2.05) is 0 Å². The molecule has 2 heteroatoms. The molecule has 0 amide bonds. The zero-order chi connectivity index (χ0) is 16.2. The largest absolute Gasteiger partial charge is 0.253 e. The Kier molecular flexibility index (Phi) is 10.3. The third kappa shape index (κ3) is 7.47. The Labute approximate surface area is 138 Å². The lowest BCUT2D eigenvalue weighted by atomic mass is 10.1. The molecule has 0 fully saturated rings. The van der Waals surface area contributed by atoms with Gasteiger partial charge in [0.1, 0.15) is 12.4 Å². The average molecular weight is 308 g/mol. The molecule has 0 saturated carbocycles. The van der Waals surface area contributed by atoms with Gasteiger partial charge in [0.15, 0.2) is 0 Å². The normalized spacial score (nSPS) is 11.5. The highest BCUT2D eigenvalue weighted by atomic mass is 15.2. The van der Waals surface area contributed by atoms with Crippen molar-refractivity contribution in [3.05, 3.63) is 18.2 Å². The van der Waals surface area contributed by atoms with Gasteiger partial charge in [0.2, 0.25) is 0 Å². The fourth-order valence-corrected chi connectivity index (χ4v) is 3.24. The van der Waals surface area contributed by atoms with Crippen molar-refractivity contribution in [3.63, 3.8) is 0 Å². The van der Waals surface area contributed by atoms with Gasteiger partial charge in [0.25, 0.3) is 5.82 Å². The molecule has 0 aliphatic rings. The first-order valence-corrected chi connectivity index (χ1v) is 9.73. The van der Waals surface area contributed by atoms with Crippen molar-refractivity contribution in [2.45, 2.75) is 111 Å². The molecule has 128 valence electrons. The molecule has 0 radical (unpaired) electrons. The summed E-state index contributed by atoms with van der Waals surface area (Å²) in [6, 6.07) is 0.568. The molecule has 1 aromatic heterocycles. The Balaban J connectivity index is 1.98. The summed E-state index contributed by atoms with van der Waals surface area (Å²) in [4.78, 5) is 0. The molecule has 2 nitrogen and oxygen atoms in total. The van der Waals surface area contributed by atoms with Crippen LogP contribution >= 0.6 is 0 Å². The van der Waals surface area contributed by atoms with Crippen LogP contribution in [0.5, 0.6) is 0 Å². The molecule has 0 aliphatic carbocycles. The SMILES string of the molecule is CCCCCCCCCCCCC[n+]1ccn(C(C)C)c1C. The smallest absolute Gasteiger partial charge is 0.234 e. The summed E-state index contributed by atoms with van der Waals surface area (Å²) in [6.45, 7) is 10.2. The predicted molar refractivity (Wildman–Crippen MR) is 96.2 cm³/mol. The van der Waals surface area contributed by atoms with Gasteiger partial charge in [-0.25, -0.2) is 9.13 Å². The van der Waals surface area contributed by atoms with Crippen molar-refractivity contribution >= 4 is 0 Å². The number of aromatic nitrogens is 2. The van der Waals surface area contributed by atoms with E-state index in [4.69, 9.17) is 0 Å². The van der Waals surface area contributed by atoms with Crippen molar-refractivity contribution in [1.82, 2.24) is 4.57 Å². The summed E-state index contributed by atoms with van der Waals surface area (Å²) in [5, 5.41) is 0. The Morgan fingerprint density at radius 2 is 1.36 bits per heavy atom.